The molecule has 0 aliphatic carbocycles. The molecule has 0 bridgehead atoms. The Bertz CT molecular complexity index is 921. The number of halogens is 2. The van der Waals surface area contributed by atoms with Crippen LogP contribution in [-0.4, -0.2) is 15.7 Å². The summed E-state index contributed by atoms with van der Waals surface area (Å²) in [5, 5.41) is 7.09. The van der Waals surface area contributed by atoms with Crippen molar-refractivity contribution < 1.29 is 9.18 Å². The van der Waals surface area contributed by atoms with Gasteiger partial charge in [-0.3, -0.25) is 9.48 Å². The van der Waals surface area contributed by atoms with Crippen LogP contribution in [0.4, 0.5) is 10.1 Å². The molecule has 0 spiro atoms. The standard InChI is InChI=1S/C18H15ClFN3O.C2H6/c1-11-14(10-23(2)22-11)18(24)21-17-6-4-3-5-13(17)12-7-8-15(19)16(20)9-12;1-2/h3-10H,1-2H3,(H,21,24);1-2H3. The fraction of sp³-hybridized carbons (Fsp3) is 0.200. The van der Waals surface area contributed by atoms with E-state index in [-0.39, 0.29) is 10.9 Å². The third kappa shape index (κ3) is 4.29. The molecule has 2 aromatic carbocycles. The van der Waals surface area contributed by atoms with Gasteiger partial charge in [0.25, 0.3) is 5.91 Å². The lowest BCUT2D eigenvalue weighted by molar-refractivity contribution is 0.102. The van der Waals surface area contributed by atoms with Crippen LogP contribution in [0.2, 0.25) is 5.02 Å². The third-order valence-electron chi connectivity index (χ3n) is 3.66. The summed E-state index contributed by atoms with van der Waals surface area (Å²) in [4.78, 5) is 12.5. The molecule has 3 aromatic rings. The van der Waals surface area contributed by atoms with Crippen molar-refractivity contribution in [3.05, 3.63) is 70.8 Å². The van der Waals surface area contributed by atoms with Crippen molar-refractivity contribution in [3.8, 4) is 11.1 Å². The lowest BCUT2D eigenvalue weighted by Crippen LogP contribution is -2.13. The molecule has 0 fully saturated rings. The number of hydrogen-bond acceptors (Lipinski definition) is 2. The van der Waals surface area contributed by atoms with Gasteiger partial charge in [-0.05, 0) is 30.7 Å². The Morgan fingerprint density at radius 1 is 1.19 bits per heavy atom. The summed E-state index contributed by atoms with van der Waals surface area (Å²) in [5.41, 5.74) is 3.07. The average Bonchev–Trinajstić information content (AvgIpc) is 2.98. The zero-order valence-corrected chi connectivity index (χ0v) is 15.9. The molecule has 0 radical (unpaired) electrons. The fourth-order valence-corrected chi connectivity index (χ4v) is 2.64. The van der Waals surface area contributed by atoms with Crippen LogP contribution in [0.1, 0.15) is 29.9 Å². The first kappa shape index (κ1) is 19.7. The number of benzene rings is 2. The molecule has 0 unspecified atom stereocenters. The number of para-hydroxylation sites is 1. The van der Waals surface area contributed by atoms with Crippen LogP contribution in [0.3, 0.4) is 0 Å². The molecule has 136 valence electrons. The molecule has 0 atom stereocenters. The lowest BCUT2D eigenvalue weighted by Gasteiger charge is -2.11. The van der Waals surface area contributed by atoms with Crippen molar-refractivity contribution in [3.63, 3.8) is 0 Å². The van der Waals surface area contributed by atoms with Crippen LogP contribution < -0.4 is 5.32 Å². The van der Waals surface area contributed by atoms with E-state index in [1.54, 1.807) is 37.0 Å². The Morgan fingerprint density at radius 3 is 2.50 bits per heavy atom. The quantitative estimate of drug-likeness (QED) is 0.662. The lowest BCUT2D eigenvalue weighted by atomic mass is 10.0. The Labute approximate surface area is 157 Å². The Balaban J connectivity index is 0.00000117. The largest absolute Gasteiger partial charge is 0.321 e. The summed E-state index contributed by atoms with van der Waals surface area (Å²) in [5.74, 6) is -0.763. The van der Waals surface area contributed by atoms with E-state index in [2.05, 4.69) is 10.4 Å². The van der Waals surface area contributed by atoms with Gasteiger partial charge in [-0.25, -0.2) is 4.39 Å². The average molecular weight is 374 g/mol. The van der Waals surface area contributed by atoms with Crippen molar-refractivity contribution in [2.45, 2.75) is 20.8 Å². The van der Waals surface area contributed by atoms with Gasteiger partial charge in [-0.1, -0.05) is 49.7 Å². The van der Waals surface area contributed by atoms with Gasteiger partial charge in [0.1, 0.15) is 5.82 Å². The molecule has 0 saturated carbocycles. The van der Waals surface area contributed by atoms with E-state index in [4.69, 9.17) is 11.6 Å². The molecule has 6 heteroatoms. The first-order valence-electron chi connectivity index (χ1n) is 8.32. The maximum Gasteiger partial charge on any atom is 0.259 e. The third-order valence-corrected chi connectivity index (χ3v) is 3.97. The minimum absolute atomic E-state index is 0.0613. The van der Waals surface area contributed by atoms with Crippen molar-refractivity contribution in [2.24, 2.45) is 7.05 Å². The molecule has 1 aromatic heterocycles. The van der Waals surface area contributed by atoms with Crippen LogP contribution in [0.25, 0.3) is 11.1 Å². The molecular weight excluding hydrogens is 353 g/mol. The molecule has 1 heterocycles. The SMILES string of the molecule is CC.Cc1nn(C)cc1C(=O)Nc1ccccc1-c1ccc(Cl)c(F)c1. The number of anilines is 1. The number of aryl methyl sites for hydroxylation is 2. The van der Waals surface area contributed by atoms with E-state index in [1.807, 2.05) is 32.0 Å². The first-order chi connectivity index (χ1) is 12.5. The number of rotatable bonds is 3. The molecule has 4 nitrogen and oxygen atoms in total. The Morgan fingerprint density at radius 2 is 1.88 bits per heavy atom. The fourth-order valence-electron chi connectivity index (χ4n) is 2.52. The van der Waals surface area contributed by atoms with Gasteiger partial charge in [0.05, 0.1) is 16.3 Å². The maximum atomic E-state index is 13.7. The summed E-state index contributed by atoms with van der Waals surface area (Å²) < 4.78 is 15.3. The first-order valence-corrected chi connectivity index (χ1v) is 8.69. The maximum absolute atomic E-state index is 13.7. The van der Waals surface area contributed by atoms with Gasteiger partial charge in [0, 0.05) is 24.5 Å². The number of aromatic nitrogens is 2. The van der Waals surface area contributed by atoms with Crippen molar-refractivity contribution in [2.75, 3.05) is 5.32 Å². The molecule has 0 aliphatic heterocycles. The van der Waals surface area contributed by atoms with Crippen LogP contribution >= 0.6 is 11.6 Å². The number of hydrogen-bond donors (Lipinski definition) is 1. The number of nitrogens with zero attached hydrogens (tertiary/aromatic N) is 2. The predicted octanol–water partition coefficient (Wildman–Crippen LogP) is 5.47. The van der Waals surface area contributed by atoms with Gasteiger partial charge in [0.15, 0.2) is 0 Å². The van der Waals surface area contributed by atoms with Gasteiger partial charge >= 0.3 is 0 Å². The van der Waals surface area contributed by atoms with Crippen LogP contribution in [-0.2, 0) is 7.05 Å². The van der Waals surface area contributed by atoms with Gasteiger partial charge in [0.2, 0.25) is 0 Å². The summed E-state index contributed by atoms with van der Waals surface area (Å²) >= 11 is 5.74. The second kappa shape index (κ2) is 8.63. The molecule has 3 rings (SSSR count). The second-order valence-electron chi connectivity index (χ2n) is 5.43. The summed E-state index contributed by atoms with van der Waals surface area (Å²) in [6.45, 7) is 5.77. The minimum Gasteiger partial charge on any atom is -0.321 e. The van der Waals surface area contributed by atoms with E-state index >= 15 is 0 Å². The van der Waals surface area contributed by atoms with E-state index in [0.29, 0.717) is 28.1 Å². The topological polar surface area (TPSA) is 46.9 Å². The summed E-state index contributed by atoms with van der Waals surface area (Å²) in [6, 6.07) is 11.8. The normalized spacial score (nSPS) is 10.1. The van der Waals surface area contributed by atoms with Crippen LogP contribution in [0.5, 0.6) is 0 Å². The second-order valence-corrected chi connectivity index (χ2v) is 5.84. The molecule has 0 saturated heterocycles. The van der Waals surface area contributed by atoms with E-state index in [1.165, 1.54) is 12.1 Å². The Kier molecular flexibility index (Phi) is 6.52. The van der Waals surface area contributed by atoms with E-state index in [0.717, 1.165) is 0 Å². The summed E-state index contributed by atoms with van der Waals surface area (Å²) in [6.07, 6.45) is 1.66. The molecule has 1 N–H and O–H groups in total. The highest BCUT2D eigenvalue weighted by Crippen LogP contribution is 2.30. The van der Waals surface area contributed by atoms with E-state index in [9.17, 15) is 9.18 Å². The number of amides is 1. The predicted molar refractivity (Wildman–Crippen MR) is 104 cm³/mol. The molecular formula is C20H21ClFN3O. The van der Waals surface area contributed by atoms with Gasteiger partial charge < -0.3 is 5.32 Å². The van der Waals surface area contributed by atoms with Crippen molar-refractivity contribution in [1.29, 1.82) is 0 Å². The van der Waals surface area contributed by atoms with Gasteiger partial charge in [-0.15, -0.1) is 0 Å². The number of nitrogens with one attached hydrogen (secondary N) is 1. The zero-order chi connectivity index (χ0) is 19.3. The van der Waals surface area contributed by atoms with Gasteiger partial charge in [-0.2, -0.15) is 5.10 Å². The zero-order valence-electron chi connectivity index (χ0n) is 15.2. The number of carbonyl (C=O) groups excluding carboxylic acids is 1. The monoisotopic (exact) mass is 373 g/mol. The highest BCUT2D eigenvalue weighted by Gasteiger charge is 2.15. The molecule has 0 aliphatic rings. The molecule has 26 heavy (non-hydrogen) atoms. The van der Waals surface area contributed by atoms with E-state index < -0.39 is 5.82 Å². The Hall–Kier alpha value is -2.66. The molecule has 1 amide bonds. The highest BCUT2D eigenvalue weighted by molar-refractivity contribution is 6.30. The van der Waals surface area contributed by atoms with Crippen molar-refractivity contribution in [1.82, 2.24) is 9.78 Å². The highest BCUT2D eigenvalue weighted by atomic mass is 35.5. The van der Waals surface area contributed by atoms with Crippen molar-refractivity contribution >= 4 is 23.2 Å². The number of carbonyl (C=O) groups is 1. The summed E-state index contributed by atoms with van der Waals surface area (Å²) in [7, 11) is 1.76. The van der Waals surface area contributed by atoms with Crippen LogP contribution in [0.15, 0.2) is 48.7 Å². The van der Waals surface area contributed by atoms with Crippen LogP contribution in [0, 0.1) is 12.7 Å². The minimum atomic E-state index is -0.501. The smallest absolute Gasteiger partial charge is 0.259 e.